The second kappa shape index (κ2) is 7.55. The Hall–Kier alpha value is -3.80. The lowest BCUT2D eigenvalue weighted by Crippen LogP contribution is -2.19. The maximum Gasteiger partial charge on any atom is 0.269 e. The van der Waals surface area contributed by atoms with Gasteiger partial charge in [-0.05, 0) is 72.0 Å². The molecule has 2 aromatic heterocycles. The first-order valence-corrected chi connectivity index (χ1v) is 9.54. The molecule has 0 saturated heterocycles. The van der Waals surface area contributed by atoms with Crippen LogP contribution < -0.4 is 11.1 Å². The Bertz CT molecular complexity index is 1300. The monoisotopic (exact) mass is 400 g/mol. The van der Waals surface area contributed by atoms with E-state index in [-0.39, 0.29) is 17.4 Å². The van der Waals surface area contributed by atoms with Gasteiger partial charge in [-0.15, -0.1) is 0 Å². The molecule has 0 atom stereocenters. The van der Waals surface area contributed by atoms with Crippen molar-refractivity contribution in [3.8, 4) is 22.3 Å². The third kappa shape index (κ3) is 3.26. The second-order valence-electron chi connectivity index (χ2n) is 7.17. The van der Waals surface area contributed by atoms with Crippen molar-refractivity contribution in [1.29, 1.82) is 0 Å². The van der Waals surface area contributed by atoms with E-state index in [1.807, 2.05) is 32.0 Å². The summed E-state index contributed by atoms with van der Waals surface area (Å²) in [4.78, 5) is 21.0. The van der Waals surface area contributed by atoms with Crippen molar-refractivity contribution in [2.24, 2.45) is 0 Å². The number of carbonyl (C=O) groups excluding carboxylic acids is 1. The minimum atomic E-state index is -0.359. The summed E-state index contributed by atoms with van der Waals surface area (Å²) in [5, 5.41) is 3.39. The van der Waals surface area contributed by atoms with Crippen molar-refractivity contribution in [3.63, 3.8) is 0 Å². The first-order valence-electron chi connectivity index (χ1n) is 9.54. The highest BCUT2D eigenvalue weighted by Gasteiger charge is 2.19. The Kier molecular flexibility index (Phi) is 4.91. The number of anilines is 1. The topological polar surface area (TPSA) is 80.9 Å². The van der Waals surface area contributed by atoms with E-state index in [2.05, 4.69) is 15.3 Å². The fourth-order valence-electron chi connectivity index (χ4n) is 3.95. The fourth-order valence-corrected chi connectivity index (χ4v) is 3.95. The molecule has 0 aliphatic carbocycles. The highest BCUT2D eigenvalue weighted by atomic mass is 19.1. The molecule has 6 heteroatoms. The molecule has 4 aromatic rings. The average molecular weight is 400 g/mol. The smallest absolute Gasteiger partial charge is 0.269 e. The van der Waals surface area contributed by atoms with Gasteiger partial charge in [0.1, 0.15) is 17.3 Å². The van der Waals surface area contributed by atoms with Gasteiger partial charge in [-0.1, -0.05) is 18.2 Å². The molecule has 3 N–H and O–H groups in total. The van der Waals surface area contributed by atoms with Crippen LogP contribution in [0.4, 0.5) is 10.2 Å². The lowest BCUT2D eigenvalue weighted by Gasteiger charge is -2.18. The van der Waals surface area contributed by atoms with E-state index in [9.17, 15) is 9.18 Å². The third-order valence-electron chi connectivity index (χ3n) is 5.24. The van der Waals surface area contributed by atoms with Crippen LogP contribution in [0.15, 0.2) is 54.7 Å². The van der Waals surface area contributed by atoms with Gasteiger partial charge >= 0.3 is 0 Å². The molecule has 150 valence electrons. The van der Waals surface area contributed by atoms with Gasteiger partial charge in [-0.3, -0.25) is 4.79 Å². The Morgan fingerprint density at radius 2 is 1.83 bits per heavy atom. The normalized spacial score (nSPS) is 10.9. The number of amides is 1. The molecule has 0 aliphatic rings. The number of nitrogen functional groups attached to an aromatic ring is 1. The van der Waals surface area contributed by atoms with Crippen LogP contribution >= 0.6 is 0 Å². The van der Waals surface area contributed by atoms with Crippen LogP contribution in [0.2, 0.25) is 0 Å². The fraction of sp³-hybridized carbons (Fsp3) is 0.125. The Morgan fingerprint density at radius 1 is 1.07 bits per heavy atom. The van der Waals surface area contributed by atoms with Crippen LogP contribution in [-0.4, -0.2) is 22.9 Å². The Morgan fingerprint density at radius 3 is 2.53 bits per heavy atom. The molecule has 4 rings (SSSR count). The lowest BCUT2D eigenvalue weighted by atomic mass is 9.89. The molecule has 1 amide bonds. The minimum absolute atomic E-state index is 0.239. The Labute approximate surface area is 173 Å². The zero-order valence-electron chi connectivity index (χ0n) is 17.0. The van der Waals surface area contributed by atoms with Gasteiger partial charge in [0.2, 0.25) is 0 Å². The summed E-state index contributed by atoms with van der Waals surface area (Å²) in [6.07, 6.45) is 1.67. The van der Waals surface area contributed by atoms with Crippen molar-refractivity contribution in [3.05, 3.63) is 77.4 Å². The predicted molar refractivity (Wildman–Crippen MR) is 118 cm³/mol. The summed E-state index contributed by atoms with van der Waals surface area (Å²) in [5.41, 5.74) is 11.6. The molecule has 2 aromatic carbocycles. The van der Waals surface area contributed by atoms with Gasteiger partial charge in [0.15, 0.2) is 0 Å². The molecule has 0 saturated carbocycles. The van der Waals surface area contributed by atoms with Gasteiger partial charge < -0.3 is 11.1 Å². The van der Waals surface area contributed by atoms with E-state index in [1.165, 1.54) is 6.07 Å². The van der Waals surface area contributed by atoms with Crippen LogP contribution in [0.1, 0.15) is 21.6 Å². The number of halogens is 1. The van der Waals surface area contributed by atoms with Crippen LogP contribution in [0.5, 0.6) is 0 Å². The van der Waals surface area contributed by atoms with Gasteiger partial charge in [-0.2, -0.15) is 0 Å². The first-order chi connectivity index (χ1) is 14.4. The number of rotatable bonds is 3. The third-order valence-corrected chi connectivity index (χ3v) is 5.24. The summed E-state index contributed by atoms with van der Waals surface area (Å²) in [5.74, 6) is -0.257. The molecule has 2 heterocycles. The number of benzene rings is 2. The maximum atomic E-state index is 14.8. The van der Waals surface area contributed by atoms with Crippen molar-refractivity contribution in [2.75, 3.05) is 12.8 Å². The van der Waals surface area contributed by atoms with Gasteiger partial charge in [0, 0.05) is 24.2 Å². The number of aromatic nitrogens is 2. The second-order valence-corrected chi connectivity index (χ2v) is 7.17. The van der Waals surface area contributed by atoms with Crippen LogP contribution in [0.25, 0.3) is 33.2 Å². The molecule has 0 unspecified atom stereocenters. The van der Waals surface area contributed by atoms with E-state index >= 15 is 0 Å². The highest BCUT2D eigenvalue weighted by molar-refractivity contribution is 6.05. The molecular formula is C24H21FN4O. The molecule has 5 nitrogen and oxygen atoms in total. The number of nitrogens with one attached hydrogen (secondary N) is 1. The maximum absolute atomic E-state index is 14.8. The molecular weight excluding hydrogens is 379 g/mol. The van der Waals surface area contributed by atoms with Crippen LogP contribution in [-0.2, 0) is 0 Å². The van der Waals surface area contributed by atoms with Gasteiger partial charge in [0.25, 0.3) is 5.91 Å². The molecule has 0 fully saturated rings. The summed E-state index contributed by atoms with van der Waals surface area (Å²) < 4.78 is 14.8. The molecule has 0 bridgehead atoms. The summed E-state index contributed by atoms with van der Waals surface area (Å²) in [6, 6.07) is 13.8. The highest BCUT2D eigenvalue weighted by Crippen LogP contribution is 2.39. The quantitative estimate of drug-likeness (QED) is 0.524. The van der Waals surface area contributed by atoms with Crippen molar-refractivity contribution >= 4 is 22.6 Å². The van der Waals surface area contributed by atoms with E-state index in [0.717, 1.165) is 27.6 Å². The van der Waals surface area contributed by atoms with Crippen LogP contribution in [0.3, 0.4) is 0 Å². The van der Waals surface area contributed by atoms with Crippen molar-refractivity contribution in [1.82, 2.24) is 15.3 Å². The largest absolute Gasteiger partial charge is 0.384 e. The van der Waals surface area contributed by atoms with Crippen molar-refractivity contribution < 1.29 is 9.18 Å². The number of nitrogens with two attached hydrogens (primary N) is 1. The lowest BCUT2D eigenvalue weighted by molar-refractivity contribution is 0.0958. The molecule has 0 aliphatic heterocycles. The first kappa shape index (κ1) is 19.5. The molecule has 0 radical (unpaired) electrons. The van der Waals surface area contributed by atoms with Crippen molar-refractivity contribution in [2.45, 2.75) is 13.8 Å². The number of pyridine rings is 2. The van der Waals surface area contributed by atoms with Crippen LogP contribution in [0, 0.1) is 19.7 Å². The van der Waals surface area contributed by atoms with Gasteiger partial charge in [-0.25, -0.2) is 14.4 Å². The number of hydrogen-bond donors (Lipinski definition) is 2. The predicted octanol–water partition coefficient (Wildman–Crippen LogP) is 4.66. The zero-order valence-corrected chi connectivity index (χ0v) is 17.0. The average Bonchev–Trinajstić information content (AvgIpc) is 2.72. The molecule has 0 spiro atoms. The zero-order chi connectivity index (χ0) is 21.4. The van der Waals surface area contributed by atoms with Gasteiger partial charge in [0.05, 0.1) is 5.52 Å². The summed E-state index contributed by atoms with van der Waals surface area (Å²) in [6.45, 7) is 3.96. The number of carbonyl (C=O) groups is 1. The van der Waals surface area contributed by atoms with E-state index in [4.69, 9.17) is 5.73 Å². The minimum Gasteiger partial charge on any atom is -0.384 e. The number of aryl methyl sites for hydroxylation is 2. The number of nitrogens with zero attached hydrogens (tertiary/aromatic N) is 2. The van der Waals surface area contributed by atoms with E-state index in [0.29, 0.717) is 22.5 Å². The van der Waals surface area contributed by atoms with E-state index in [1.54, 1.807) is 37.5 Å². The Balaban J connectivity index is 2.13. The standard InChI is InChI=1S/C24H21FN4O/c1-13-10-19-23(14(2)22(13)15-8-9-28-21(26)11-15)17(12-20(29-19)24(30)27-3)16-6-4-5-7-18(16)25/h4-12H,1-3H3,(H2,26,28)(H,27,30). The SMILES string of the molecule is CNC(=O)c1cc(-c2ccccc2F)c2c(C)c(-c3ccnc(N)c3)c(C)cc2n1. The van der Waals surface area contributed by atoms with E-state index < -0.39 is 0 Å². The number of hydrogen-bond acceptors (Lipinski definition) is 4. The summed E-state index contributed by atoms with van der Waals surface area (Å²) >= 11 is 0. The summed E-state index contributed by atoms with van der Waals surface area (Å²) in [7, 11) is 1.55. The molecule has 30 heavy (non-hydrogen) atoms. The number of fused-ring (bicyclic) bond motifs is 1.